The highest BCUT2D eigenvalue weighted by Crippen LogP contribution is 2.10. The summed E-state index contributed by atoms with van der Waals surface area (Å²) in [5.41, 5.74) is 6.23. The Kier molecular flexibility index (Phi) is 5.55. The van der Waals surface area contributed by atoms with Gasteiger partial charge in [0.2, 0.25) is 0 Å². The number of benzene rings is 2. The normalized spacial score (nSPS) is 11.0. The van der Waals surface area contributed by atoms with Crippen LogP contribution >= 0.6 is 0 Å². The second-order valence-electron chi connectivity index (χ2n) is 6.11. The summed E-state index contributed by atoms with van der Waals surface area (Å²) in [5.74, 6) is -1.02. The van der Waals surface area contributed by atoms with Gasteiger partial charge in [-0.1, -0.05) is 12.1 Å². The molecule has 0 unspecified atom stereocenters. The Bertz CT molecular complexity index is 1070. The van der Waals surface area contributed by atoms with Gasteiger partial charge in [0.1, 0.15) is 0 Å². The first kappa shape index (κ1) is 19.3. The highest BCUT2D eigenvalue weighted by Gasteiger charge is 2.11. The average molecular weight is 398 g/mol. The van der Waals surface area contributed by atoms with Crippen molar-refractivity contribution in [2.24, 2.45) is 0 Å². The summed E-state index contributed by atoms with van der Waals surface area (Å²) in [6.07, 6.45) is 4.63. The maximum absolute atomic E-state index is 12.2. The van der Waals surface area contributed by atoms with E-state index in [-0.39, 0.29) is 10.5 Å². The molecule has 0 fully saturated rings. The van der Waals surface area contributed by atoms with Gasteiger partial charge in [-0.2, -0.15) is 5.10 Å². The molecule has 2 N–H and O–H groups in total. The molecule has 0 saturated carbocycles. The lowest BCUT2D eigenvalue weighted by Gasteiger charge is -2.09. The molecule has 8 nitrogen and oxygen atoms in total. The largest absolute Gasteiger partial charge is 0.269 e. The third-order valence-corrected chi connectivity index (χ3v) is 5.08. The molecule has 144 valence electrons. The minimum absolute atomic E-state index is 0.114. The van der Waals surface area contributed by atoms with Gasteiger partial charge < -0.3 is 0 Å². The predicted octanol–water partition coefficient (Wildman–Crippen LogP) is 1.41. The number of sulfone groups is 1. The van der Waals surface area contributed by atoms with Crippen molar-refractivity contribution in [2.45, 2.75) is 11.4 Å². The van der Waals surface area contributed by atoms with E-state index < -0.39 is 21.7 Å². The number of carbonyl (C=O) groups excluding carboxylic acids is 2. The molecule has 9 heteroatoms. The first-order valence-corrected chi connectivity index (χ1v) is 10.2. The van der Waals surface area contributed by atoms with Crippen LogP contribution in [-0.4, -0.2) is 36.3 Å². The van der Waals surface area contributed by atoms with E-state index in [0.29, 0.717) is 12.1 Å². The van der Waals surface area contributed by atoms with E-state index in [4.69, 9.17) is 0 Å². The predicted molar refractivity (Wildman–Crippen MR) is 102 cm³/mol. The zero-order valence-corrected chi connectivity index (χ0v) is 15.8. The van der Waals surface area contributed by atoms with Crippen LogP contribution in [0.25, 0.3) is 0 Å². The van der Waals surface area contributed by atoms with Gasteiger partial charge in [-0.05, 0) is 48.0 Å². The van der Waals surface area contributed by atoms with Crippen LogP contribution in [0.1, 0.15) is 26.3 Å². The van der Waals surface area contributed by atoms with Crippen molar-refractivity contribution >= 4 is 21.7 Å². The van der Waals surface area contributed by atoms with Crippen LogP contribution in [0.3, 0.4) is 0 Å². The number of nitrogens with zero attached hydrogens (tertiary/aromatic N) is 2. The molecule has 0 bridgehead atoms. The van der Waals surface area contributed by atoms with Gasteiger partial charge >= 0.3 is 0 Å². The molecule has 2 aromatic carbocycles. The minimum atomic E-state index is -3.33. The molecule has 3 aromatic rings. The molecule has 3 rings (SSSR count). The average Bonchev–Trinajstić information content (AvgIpc) is 3.19. The SMILES string of the molecule is CS(=O)(=O)c1ccc(C(=O)NNC(=O)c2ccc(Cn3cccn3)cc2)cc1. The van der Waals surface area contributed by atoms with Crippen LogP contribution in [-0.2, 0) is 16.4 Å². The number of amides is 2. The van der Waals surface area contributed by atoms with Gasteiger partial charge in [-0.3, -0.25) is 25.1 Å². The number of hydrogen-bond acceptors (Lipinski definition) is 5. The molecular weight excluding hydrogens is 380 g/mol. The third kappa shape index (κ3) is 4.83. The van der Waals surface area contributed by atoms with E-state index in [1.54, 1.807) is 23.0 Å². The van der Waals surface area contributed by atoms with Crippen molar-refractivity contribution in [1.29, 1.82) is 0 Å². The lowest BCUT2D eigenvalue weighted by Crippen LogP contribution is -2.41. The maximum atomic E-state index is 12.2. The summed E-state index contributed by atoms with van der Waals surface area (Å²) < 4.78 is 24.6. The number of nitrogens with one attached hydrogen (secondary N) is 2. The molecule has 2 amide bonds. The maximum Gasteiger partial charge on any atom is 0.269 e. The Morgan fingerprint density at radius 3 is 1.93 bits per heavy atom. The number of hydrazine groups is 1. The third-order valence-electron chi connectivity index (χ3n) is 3.95. The van der Waals surface area contributed by atoms with Gasteiger partial charge in [0.15, 0.2) is 9.84 Å². The molecular formula is C19H18N4O4S. The van der Waals surface area contributed by atoms with E-state index in [9.17, 15) is 18.0 Å². The van der Waals surface area contributed by atoms with E-state index >= 15 is 0 Å². The monoisotopic (exact) mass is 398 g/mol. The molecule has 0 atom stereocenters. The van der Waals surface area contributed by atoms with Crippen molar-refractivity contribution in [3.63, 3.8) is 0 Å². The zero-order valence-electron chi connectivity index (χ0n) is 15.0. The summed E-state index contributed by atoms with van der Waals surface area (Å²) in [7, 11) is -3.33. The molecule has 1 aromatic heterocycles. The summed E-state index contributed by atoms with van der Waals surface area (Å²) in [4.78, 5) is 24.4. The van der Waals surface area contributed by atoms with Gasteiger partial charge in [-0.25, -0.2) is 8.42 Å². The highest BCUT2D eigenvalue weighted by atomic mass is 32.2. The van der Waals surface area contributed by atoms with Crippen molar-refractivity contribution in [2.75, 3.05) is 6.26 Å². The zero-order chi connectivity index (χ0) is 20.1. The Labute approximate surface area is 162 Å². The Hall–Kier alpha value is -3.46. The lowest BCUT2D eigenvalue weighted by atomic mass is 10.1. The van der Waals surface area contributed by atoms with E-state index in [1.165, 1.54) is 24.3 Å². The van der Waals surface area contributed by atoms with E-state index in [0.717, 1.165) is 11.8 Å². The van der Waals surface area contributed by atoms with Gasteiger partial charge in [-0.15, -0.1) is 0 Å². The second kappa shape index (κ2) is 8.05. The summed E-state index contributed by atoms with van der Waals surface area (Å²) in [5, 5.41) is 4.12. The summed E-state index contributed by atoms with van der Waals surface area (Å²) in [6.45, 7) is 0.592. The molecule has 28 heavy (non-hydrogen) atoms. The quantitative estimate of drug-likeness (QED) is 0.632. The molecule has 0 aliphatic rings. The molecule has 0 spiro atoms. The van der Waals surface area contributed by atoms with E-state index in [1.807, 2.05) is 24.4 Å². The lowest BCUT2D eigenvalue weighted by molar-refractivity contribution is 0.0846. The Morgan fingerprint density at radius 2 is 1.46 bits per heavy atom. The van der Waals surface area contributed by atoms with Crippen molar-refractivity contribution in [1.82, 2.24) is 20.6 Å². The van der Waals surface area contributed by atoms with Crippen LogP contribution in [0.4, 0.5) is 0 Å². The Balaban J connectivity index is 1.56. The number of aromatic nitrogens is 2. The van der Waals surface area contributed by atoms with E-state index in [2.05, 4.69) is 16.0 Å². The van der Waals surface area contributed by atoms with Crippen LogP contribution in [0.5, 0.6) is 0 Å². The van der Waals surface area contributed by atoms with Crippen molar-refractivity contribution < 1.29 is 18.0 Å². The molecule has 0 saturated heterocycles. The fourth-order valence-electron chi connectivity index (χ4n) is 2.45. The number of hydrogen-bond donors (Lipinski definition) is 2. The van der Waals surface area contributed by atoms with Crippen molar-refractivity contribution in [3.8, 4) is 0 Å². The fraction of sp³-hybridized carbons (Fsp3) is 0.105. The van der Waals surface area contributed by atoms with Gasteiger partial charge in [0.05, 0.1) is 11.4 Å². The van der Waals surface area contributed by atoms with Crippen LogP contribution in [0.15, 0.2) is 71.9 Å². The first-order chi connectivity index (χ1) is 13.3. The second-order valence-corrected chi connectivity index (χ2v) is 8.12. The Morgan fingerprint density at radius 1 is 0.929 bits per heavy atom. The fourth-order valence-corrected chi connectivity index (χ4v) is 3.08. The van der Waals surface area contributed by atoms with Crippen molar-refractivity contribution in [3.05, 3.63) is 83.7 Å². The molecule has 0 aliphatic heterocycles. The summed E-state index contributed by atoms with van der Waals surface area (Å²) in [6, 6.07) is 14.2. The van der Waals surface area contributed by atoms with Crippen LogP contribution in [0.2, 0.25) is 0 Å². The number of rotatable bonds is 5. The van der Waals surface area contributed by atoms with Crippen LogP contribution in [0, 0.1) is 0 Å². The molecule has 0 aliphatic carbocycles. The molecule has 1 heterocycles. The summed E-state index contributed by atoms with van der Waals surface area (Å²) >= 11 is 0. The van der Waals surface area contributed by atoms with Gasteiger partial charge in [0, 0.05) is 29.8 Å². The highest BCUT2D eigenvalue weighted by molar-refractivity contribution is 7.90. The van der Waals surface area contributed by atoms with Gasteiger partial charge in [0.25, 0.3) is 11.8 Å². The first-order valence-electron chi connectivity index (χ1n) is 8.30. The topological polar surface area (TPSA) is 110 Å². The minimum Gasteiger partial charge on any atom is -0.268 e. The standard InChI is InChI=1S/C19H18N4O4S/c1-28(26,27)17-9-7-16(8-10-17)19(25)22-21-18(24)15-5-3-14(4-6-15)13-23-12-2-11-20-23/h2-12H,13H2,1H3,(H,21,24)(H,22,25). The number of carbonyl (C=O) groups is 2. The smallest absolute Gasteiger partial charge is 0.268 e. The molecule has 0 radical (unpaired) electrons. The van der Waals surface area contributed by atoms with Crippen LogP contribution < -0.4 is 10.9 Å².